The molecule has 3 aliphatic rings. The molecule has 7 nitrogen and oxygen atoms in total. The van der Waals surface area contributed by atoms with Gasteiger partial charge in [0.2, 0.25) is 5.91 Å². The Morgan fingerprint density at radius 2 is 2.07 bits per heavy atom. The van der Waals surface area contributed by atoms with Crippen molar-refractivity contribution in [1.82, 2.24) is 20.0 Å². The minimum atomic E-state index is 0.0240. The van der Waals surface area contributed by atoms with Crippen molar-refractivity contribution >= 4 is 11.9 Å². The number of carbonyl (C=O) groups is 1. The summed E-state index contributed by atoms with van der Waals surface area (Å²) in [5.41, 5.74) is 0. The van der Waals surface area contributed by atoms with E-state index in [2.05, 4.69) is 20.1 Å². The van der Waals surface area contributed by atoms with Crippen molar-refractivity contribution < 1.29 is 9.21 Å². The molecule has 1 N–H and O–H groups in total. The van der Waals surface area contributed by atoms with Gasteiger partial charge in [0, 0.05) is 59.3 Å². The van der Waals surface area contributed by atoms with E-state index in [1.54, 1.807) is 25.3 Å². The summed E-state index contributed by atoms with van der Waals surface area (Å²) in [4.78, 5) is 23.3. The molecule has 1 amide bonds. The molecule has 3 unspecified atom stereocenters. The zero-order chi connectivity index (χ0) is 20.2. The van der Waals surface area contributed by atoms with E-state index < -0.39 is 0 Å². The zero-order valence-electron chi connectivity index (χ0n) is 17.8. The topological polar surface area (TPSA) is 64.3 Å². The number of piperazine rings is 1. The number of hydrogen-bond donors (Lipinski definition) is 1. The van der Waals surface area contributed by atoms with Gasteiger partial charge < -0.3 is 19.5 Å². The van der Waals surface area contributed by atoms with E-state index in [-0.39, 0.29) is 12.5 Å². The minimum Gasteiger partial charge on any atom is -0.469 e. The van der Waals surface area contributed by atoms with Gasteiger partial charge in [-0.1, -0.05) is 6.42 Å². The molecule has 2 bridgehead atoms. The molecular formula is C22H35N5O2. The molecule has 0 spiro atoms. The van der Waals surface area contributed by atoms with Crippen LogP contribution in [-0.4, -0.2) is 86.0 Å². The quantitative estimate of drug-likeness (QED) is 0.580. The first-order chi connectivity index (χ1) is 14.1. The monoisotopic (exact) mass is 401 g/mol. The highest BCUT2D eigenvalue weighted by molar-refractivity contribution is 5.84. The molecule has 29 heavy (non-hydrogen) atoms. The Morgan fingerprint density at radius 3 is 2.69 bits per heavy atom. The zero-order valence-corrected chi connectivity index (χ0v) is 17.8. The van der Waals surface area contributed by atoms with Crippen molar-refractivity contribution in [2.24, 2.45) is 16.8 Å². The number of likely N-dealkylation sites (N-methyl/N-ethyl adjacent to an activating group) is 1. The van der Waals surface area contributed by atoms with Crippen molar-refractivity contribution in [3.05, 3.63) is 24.2 Å². The van der Waals surface area contributed by atoms with Crippen LogP contribution in [0.4, 0.5) is 0 Å². The lowest BCUT2D eigenvalue weighted by molar-refractivity contribution is -0.127. The van der Waals surface area contributed by atoms with Crippen LogP contribution in [0, 0.1) is 11.8 Å². The van der Waals surface area contributed by atoms with Crippen LogP contribution in [0.3, 0.4) is 0 Å². The molecular weight excluding hydrogens is 366 g/mol. The SMILES string of the molecule is CN(C)C(=O)CN=C(NCCc1ccco1)N1CCN(C2CC3CCC2C3)CC1. The second kappa shape index (κ2) is 9.20. The first-order valence-corrected chi connectivity index (χ1v) is 11.1. The maximum Gasteiger partial charge on any atom is 0.243 e. The predicted molar refractivity (Wildman–Crippen MR) is 114 cm³/mol. The van der Waals surface area contributed by atoms with E-state index in [9.17, 15) is 4.79 Å². The summed E-state index contributed by atoms with van der Waals surface area (Å²) in [6.07, 6.45) is 8.26. The van der Waals surface area contributed by atoms with Crippen LogP contribution in [0.2, 0.25) is 0 Å². The molecule has 4 rings (SSSR count). The van der Waals surface area contributed by atoms with Gasteiger partial charge in [0.15, 0.2) is 5.96 Å². The summed E-state index contributed by atoms with van der Waals surface area (Å²) in [5.74, 6) is 3.75. The van der Waals surface area contributed by atoms with Gasteiger partial charge in [0.05, 0.1) is 6.26 Å². The highest BCUT2D eigenvalue weighted by atomic mass is 16.3. The van der Waals surface area contributed by atoms with Crippen LogP contribution < -0.4 is 5.32 Å². The Hall–Kier alpha value is -2.02. The van der Waals surface area contributed by atoms with Crippen LogP contribution in [0.15, 0.2) is 27.8 Å². The number of fused-ring (bicyclic) bond motifs is 2. The summed E-state index contributed by atoms with van der Waals surface area (Å²) in [6.45, 7) is 5.05. The van der Waals surface area contributed by atoms with Crippen molar-refractivity contribution in [1.29, 1.82) is 0 Å². The molecule has 160 valence electrons. The Labute approximate surface area is 174 Å². The fraction of sp³-hybridized carbons (Fsp3) is 0.727. The summed E-state index contributed by atoms with van der Waals surface area (Å²) < 4.78 is 5.42. The lowest BCUT2D eigenvalue weighted by Crippen LogP contribution is -2.55. The van der Waals surface area contributed by atoms with Crippen LogP contribution in [-0.2, 0) is 11.2 Å². The number of aliphatic imine (C=N–C) groups is 1. The first kappa shape index (κ1) is 20.3. The number of carbonyl (C=O) groups excluding carboxylic acids is 1. The maximum atomic E-state index is 12.0. The van der Waals surface area contributed by atoms with Gasteiger partial charge in [-0.2, -0.15) is 0 Å². The molecule has 2 aliphatic carbocycles. The summed E-state index contributed by atoms with van der Waals surface area (Å²) in [6, 6.07) is 4.70. The second-order valence-electron chi connectivity index (χ2n) is 8.95. The molecule has 2 heterocycles. The van der Waals surface area contributed by atoms with E-state index in [0.717, 1.165) is 68.7 Å². The Kier molecular flexibility index (Phi) is 6.43. The highest BCUT2D eigenvalue weighted by Gasteiger charge is 2.42. The number of nitrogens with zero attached hydrogens (tertiary/aromatic N) is 4. The van der Waals surface area contributed by atoms with E-state index in [0.29, 0.717) is 0 Å². The number of amides is 1. The van der Waals surface area contributed by atoms with Gasteiger partial charge in [-0.25, -0.2) is 4.99 Å². The fourth-order valence-corrected chi connectivity index (χ4v) is 5.23. The summed E-state index contributed by atoms with van der Waals surface area (Å²) >= 11 is 0. The average molecular weight is 402 g/mol. The third-order valence-electron chi connectivity index (χ3n) is 6.88. The lowest BCUT2D eigenvalue weighted by atomic mass is 9.93. The fourth-order valence-electron chi connectivity index (χ4n) is 5.23. The number of furan rings is 1. The Bertz CT molecular complexity index is 694. The average Bonchev–Trinajstić information content (AvgIpc) is 3.49. The van der Waals surface area contributed by atoms with Gasteiger partial charge in [-0.05, 0) is 43.2 Å². The van der Waals surface area contributed by atoms with Crippen molar-refractivity contribution in [3.8, 4) is 0 Å². The van der Waals surface area contributed by atoms with E-state index in [1.165, 1.54) is 25.7 Å². The molecule has 2 saturated carbocycles. The highest BCUT2D eigenvalue weighted by Crippen LogP contribution is 2.46. The molecule has 0 radical (unpaired) electrons. The number of hydrogen-bond acceptors (Lipinski definition) is 4. The molecule has 0 aromatic carbocycles. The Balaban J connectivity index is 1.32. The maximum absolute atomic E-state index is 12.0. The van der Waals surface area contributed by atoms with Gasteiger partial charge in [0.1, 0.15) is 12.3 Å². The number of guanidine groups is 1. The molecule has 1 aliphatic heterocycles. The molecule has 3 atom stereocenters. The van der Waals surface area contributed by atoms with Crippen LogP contribution in [0.1, 0.15) is 31.4 Å². The molecule has 3 fully saturated rings. The summed E-state index contributed by atoms with van der Waals surface area (Å²) in [5, 5.41) is 3.46. The molecule has 1 saturated heterocycles. The normalized spacial score (nSPS) is 27.4. The minimum absolute atomic E-state index is 0.0240. The van der Waals surface area contributed by atoms with E-state index in [4.69, 9.17) is 4.42 Å². The summed E-state index contributed by atoms with van der Waals surface area (Å²) in [7, 11) is 3.55. The number of rotatable bonds is 6. The third-order valence-corrected chi connectivity index (χ3v) is 6.88. The van der Waals surface area contributed by atoms with Crippen LogP contribution in [0.25, 0.3) is 0 Å². The largest absolute Gasteiger partial charge is 0.469 e. The van der Waals surface area contributed by atoms with Crippen molar-refractivity contribution in [3.63, 3.8) is 0 Å². The second-order valence-corrected chi connectivity index (χ2v) is 8.95. The predicted octanol–water partition coefficient (Wildman–Crippen LogP) is 1.66. The standard InChI is InChI=1S/C22H35N5O2/c1-25(2)21(28)16-24-22(23-8-7-19-4-3-13-29-19)27-11-9-26(10-12-27)20-15-17-5-6-18(20)14-17/h3-4,13,17-18,20H,5-12,14-16H2,1-2H3,(H,23,24). The van der Waals surface area contributed by atoms with Crippen molar-refractivity contribution in [2.45, 2.75) is 38.1 Å². The van der Waals surface area contributed by atoms with Gasteiger partial charge >= 0.3 is 0 Å². The smallest absolute Gasteiger partial charge is 0.243 e. The Morgan fingerprint density at radius 1 is 1.24 bits per heavy atom. The van der Waals surface area contributed by atoms with Gasteiger partial charge in [0.25, 0.3) is 0 Å². The van der Waals surface area contributed by atoms with Gasteiger partial charge in [-0.15, -0.1) is 0 Å². The van der Waals surface area contributed by atoms with E-state index >= 15 is 0 Å². The molecule has 1 aromatic rings. The van der Waals surface area contributed by atoms with Gasteiger partial charge in [-0.3, -0.25) is 9.69 Å². The van der Waals surface area contributed by atoms with Crippen molar-refractivity contribution in [2.75, 3.05) is 53.4 Å². The lowest BCUT2D eigenvalue weighted by Gasteiger charge is -2.42. The number of nitrogens with one attached hydrogen (secondary N) is 1. The molecule has 7 heteroatoms. The van der Waals surface area contributed by atoms with Crippen LogP contribution in [0.5, 0.6) is 0 Å². The van der Waals surface area contributed by atoms with Crippen LogP contribution >= 0.6 is 0 Å². The first-order valence-electron chi connectivity index (χ1n) is 11.1. The molecule has 1 aromatic heterocycles. The third kappa shape index (κ3) is 4.94. The van der Waals surface area contributed by atoms with E-state index in [1.807, 2.05) is 12.1 Å².